The molecule has 0 atom stereocenters. The molecule has 5 rings (SSSR count). The summed E-state index contributed by atoms with van der Waals surface area (Å²) in [5.41, 5.74) is 5.35. The van der Waals surface area contributed by atoms with Crippen LogP contribution in [0.2, 0.25) is 0 Å². The molecule has 1 saturated heterocycles. The van der Waals surface area contributed by atoms with E-state index in [1.807, 2.05) is 80.1 Å². The van der Waals surface area contributed by atoms with Gasteiger partial charge in [-0.15, -0.1) is 0 Å². The molecular formula is C31H29N3O4. The second kappa shape index (κ2) is 10.4. The highest BCUT2D eigenvalue weighted by Crippen LogP contribution is 2.27. The molecule has 1 N–H and O–H groups in total. The van der Waals surface area contributed by atoms with Gasteiger partial charge in [0, 0.05) is 22.7 Å². The molecule has 38 heavy (non-hydrogen) atoms. The molecule has 4 amide bonds. The van der Waals surface area contributed by atoms with Crippen molar-refractivity contribution in [2.75, 3.05) is 11.5 Å². The Kier molecular flexibility index (Phi) is 6.83. The van der Waals surface area contributed by atoms with Crippen LogP contribution in [0.1, 0.15) is 29.2 Å². The van der Waals surface area contributed by atoms with Gasteiger partial charge >= 0.3 is 6.03 Å². The Morgan fingerprint density at radius 2 is 1.63 bits per heavy atom. The summed E-state index contributed by atoms with van der Waals surface area (Å²) in [5, 5.41) is 3.20. The van der Waals surface area contributed by atoms with Gasteiger partial charge in [0.25, 0.3) is 11.8 Å². The van der Waals surface area contributed by atoms with Crippen LogP contribution in [0.4, 0.5) is 10.5 Å². The maximum Gasteiger partial charge on any atom is 0.335 e. The van der Waals surface area contributed by atoms with Gasteiger partial charge in [-0.05, 0) is 73.4 Å². The lowest BCUT2D eigenvalue weighted by Crippen LogP contribution is -2.54. The fourth-order valence-corrected chi connectivity index (χ4v) is 4.78. The molecule has 0 radical (unpaired) electrons. The SMILES string of the molecule is CCc1ccc(N2C(=O)NC(=O)/C(=C/c3cn(CCOc4cc(C)cc(C)c4)c4ccccc34)C2=O)cc1. The minimum atomic E-state index is -0.757. The monoisotopic (exact) mass is 507 g/mol. The third-order valence-corrected chi connectivity index (χ3v) is 6.62. The Bertz CT molecular complexity index is 1560. The van der Waals surface area contributed by atoms with Crippen molar-refractivity contribution in [3.05, 3.63) is 101 Å². The fourth-order valence-electron chi connectivity index (χ4n) is 4.78. The number of nitrogens with zero attached hydrogens (tertiary/aromatic N) is 2. The molecule has 7 heteroatoms. The first-order valence-electron chi connectivity index (χ1n) is 12.6. The van der Waals surface area contributed by atoms with E-state index >= 15 is 0 Å². The van der Waals surface area contributed by atoms with Crippen LogP contribution < -0.4 is 15.0 Å². The van der Waals surface area contributed by atoms with Crippen LogP contribution in [0, 0.1) is 13.8 Å². The summed E-state index contributed by atoms with van der Waals surface area (Å²) in [6.45, 7) is 7.13. The van der Waals surface area contributed by atoms with Gasteiger partial charge in [-0.3, -0.25) is 14.9 Å². The van der Waals surface area contributed by atoms with Gasteiger partial charge < -0.3 is 9.30 Å². The zero-order valence-corrected chi connectivity index (χ0v) is 21.7. The lowest BCUT2D eigenvalue weighted by atomic mass is 10.1. The smallest absolute Gasteiger partial charge is 0.335 e. The zero-order valence-electron chi connectivity index (χ0n) is 21.7. The number of para-hydroxylation sites is 1. The van der Waals surface area contributed by atoms with Crippen LogP contribution in [-0.4, -0.2) is 29.0 Å². The third-order valence-electron chi connectivity index (χ3n) is 6.62. The first-order chi connectivity index (χ1) is 18.3. The third kappa shape index (κ3) is 4.95. The molecule has 7 nitrogen and oxygen atoms in total. The lowest BCUT2D eigenvalue weighted by Gasteiger charge is -2.26. The Labute approximate surface area is 221 Å². The predicted octanol–water partition coefficient (Wildman–Crippen LogP) is 5.57. The zero-order chi connectivity index (χ0) is 26.8. The number of urea groups is 1. The Morgan fingerprint density at radius 3 is 2.34 bits per heavy atom. The second-order valence-corrected chi connectivity index (χ2v) is 9.44. The summed E-state index contributed by atoms with van der Waals surface area (Å²) >= 11 is 0. The number of hydrogen-bond acceptors (Lipinski definition) is 4. The van der Waals surface area contributed by atoms with Crippen molar-refractivity contribution >= 4 is 40.5 Å². The average Bonchev–Trinajstić information content (AvgIpc) is 3.23. The summed E-state index contributed by atoms with van der Waals surface area (Å²) in [6, 6.07) is 20.3. The lowest BCUT2D eigenvalue weighted by molar-refractivity contribution is -0.122. The van der Waals surface area contributed by atoms with E-state index in [-0.39, 0.29) is 5.57 Å². The molecule has 1 aromatic heterocycles. The van der Waals surface area contributed by atoms with E-state index in [1.165, 1.54) is 0 Å². The molecule has 1 aliphatic heterocycles. The Hall–Kier alpha value is -4.65. The molecule has 0 aliphatic carbocycles. The van der Waals surface area contributed by atoms with E-state index < -0.39 is 17.8 Å². The van der Waals surface area contributed by atoms with E-state index in [9.17, 15) is 14.4 Å². The molecule has 1 aliphatic rings. The van der Waals surface area contributed by atoms with Crippen molar-refractivity contribution in [1.82, 2.24) is 9.88 Å². The van der Waals surface area contributed by atoms with Crippen molar-refractivity contribution in [3.8, 4) is 5.75 Å². The van der Waals surface area contributed by atoms with Crippen LogP contribution in [0.5, 0.6) is 5.75 Å². The molecule has 3 aromatic carbocycles. The first-order valence-corrected chi connectivity index (χ1v) is 12.6. The van der Waals surface area contributed by atoms with Gasteiger partial charge in [-0.2, -0.15) is 0 Å². The second-order valence-electron chi connectivity index (χ2n) is 9.44. The highest BCUT2D eigenvalue weighted by atomic mass is 16.5. The topological polar surface area (TPSA) is 80.6 Å². The van der Waals surface area contributed by atoms with E-state index in [1.54, 1.807) is 18.2 Å². The molecular weight excluding hydrogens is 478 g/mol. The molecule has 192 valence electrons. The normalized spacial score (nSPS) is 14.9. The van der Waals surface area contributed by atoms with Gasteiger partial charge in [0.1, 0.15) is 17.9 Å². The van der Waals surface area contributed by atoms with E-state index in [4.69, 9.17) is 4.74 Å². The number of hydrogen-bond donors (Lipinski definition) is 1. The van der Waals surface area contributed by atoms with Crippen LogP contribution in [0.15, 0.2) is 78.5 Å². The summed E-state index contributed by atoms with van der Waals surface area (Å²) < 4.78 is 8.05. The molecule has 1 fully saturated rings. The maximum absolute atomic E-state index is 13.4. The Morgan fingerprint density at radius 1 is 0.921 bits per heavy atom. The number of imide groups is 2. The van der Waals surface area contributed by atoms with Crippen LogP contribution in [-0.2, 0) is 22.6 Å². The van der Waals surface area contributed by atoms with Crippen molar-refractivity contribution in [2.24, 2.45) is 0 Å². The van der Waals surface area contributed by atoms with Crippen molar-refractivity contribution in [3.63, 3.8) is 0 Å². The summed E-state index contributed by atoms with van der Waals surface area (Å²) in [6.07, 6.45) is 4.30. The quantitative estimate of drug-likeness (QED) is 0.262. The van der Waals surface area contributed by atoms with Gasteiger partial charge in [0.2, 0.25) is 0 Å². The summed E-state index contributed by atoms with van der Waals surface area (Å²) in [7, 11) is 0. The molecule has 0 saturated carbocycles. The number of carbonyl (C=O) groups is 3. The van der Waals surface area contributed by atoms with E-state index in [0.29, 0.717) is 24.4 Å². The molecule has 2 heterocycles. The van der Waals surface area contributed by atoms with E-state index in [2.05, 4.69) is 11.4 Å². The van der Waals surface area contributed by atoms with E-state index in [0.717, 1.165) is 44.7 Å². The minimum Gasteiger partial charge on any atom is -0.492 e. The van der Waals surface area contributed by atoms with Gasteiger partial charge in [0.15, 0.2) is 0 Å². The largest absolute Gasteiger partial charge is 0.492 e. The van der Waals surface area contributed by atoms with Crippen LogP contribution in [0.25, 0.3) is 17.0 Å². The number of ether oxygens (including phenoxy) is 1. The van der Waals surface area contributed by atoms with Crippen molar-refractivity contribution in [1.29, 1.82) is 0 Å². The number of anilines is 1. The minimum absolute atomic E-state index is 0.0986. The van der Waals surface area contributed by atoms with Gasteiger partial charge in [0.05, 0.1) is 12.2 Å². The number of aromatic nitrogens is 1. The highest BCUT2D eigenvalue weighted by molar-refractivity contribution is 6.39. The summed E-state index contributed by atoms with van der Waals surface area (Å²) in [5.74, 6) is -0.545. The average molecular weight is 508 g/mol. The number of benzene rings is 3. The molecule has 4 aromatic rings. The Balaban J connectivity index is 1.43. The number of carbonyl (C=O) groups excluding carboxylic acids is 3. The molecule has 0 bridgehead atoms. The number of barbiturate groups is 1. The van der Waals surface area contributed by atoms with Crippen molar-refractivity contribution < 1.29 is 19.1 Å². The predicted molar refractivity (Wildman–Crippen MR) is 148 cm³/mol. The van der Waals surface area contributed by atoms with Crippen LogP contribution >= 0.6 is 0 Å². The molecule has 0 spiro atoms. The van der Waals surface area contributed by atoms with Crippen LogP contribution in [0.3, 0.4) is 0 Å². The summed E-state index contributed by atoms with van der Waals surface area (Å²) in [4.78, 5) is 39.7. The standard InChI is InChI=1S/C31H29N3O4/c1-4-22-9-11-24(12-10-22)34-30(36)27(29(35)32-31(34)37)18-23-19-33(28-8-6-5-7-26(23)28)13-14-38-25-16-20(2)15-21(3)17-25/h5-12,15-19H,4,13-14H2,1-3H3,(H,32,35,37)/b27-18-. The van der Waals surface area contributed by atoms with Crippen molar-refractivity contribution in [2.45, 2.75) is 33.7 Å². The molecule has 0 unspecified atom stereocenters. The number of nitrogens with one attached hydrogen (secondary N) is 1. The maximum atomic E-state index is 13.4. The number of amides is 4. The number of aryl methyl sites for hydroxylation is 3. The number of rotatable bonds is 7. The van der Waals surface area contributed by atoms with Gasteiger partial charge in [-0.25, -0.2) is 9.69 Å². The fraction of sp³-hybridized carbons (Fsp3) is 0.194. The van der Waals surface area contributed by atoms with Gasteiger partial charge in [-0.1, -0.05) is 43.3 Å². The first kappa shape index (κ1) is 25.0. The number of fused-ring (bicyclic) bond motifs is 1. The highest BCUT2D eigenvalue weighted by Gasteiger charge is 2.37.